The highest BCUT2D eigenvalue weighted by Crippen LogP contribution is 1.96. The smallest absolute Gasteiger partial charge is 0.250 e. The summed E-state index contributed by atoms with van der Waals surface area (Å²) in [4.78, 5) is 10.8. The third-order valence-electron chi connectivity index (χ3n) is 1.09. The molecule has 0 heterocycles. The van der Waals surface area contributed by atoms with E-state index in [1.807, 2.05) is 6.92 Å². The molecule has 0 radical (unpaired) electrons. The molecule has 60 valence electrons. The molecule has 0 saturated carbocycles. The van der Waals surface area contributed by atoms with Crippen LogP contribution in [0, 0.1) is 0 Å². The molecule has 2 heteroatoms. The van der Waals surface area contributed by atoms with E-state index in [0.717, 1.165) is 5.57 Å². The van der Waals surface area contributed by atoms with Crippen molar-refractivity contribution in [1.82, 2.24) is 5.32 Å². The maximum absolute atomic E-state index is 10.8. The van der Waals surface area contributed by atoms with E-state index < -0.39 is 0 Å². The summed E-state index contributed by atoms with van der Waals surface area (Å²) in [6, 6.07) is 0. The monoisotopic (exact) mass is 151 g/mol. The minimum absolute atomic E-state index is 0.164. The van der Waals surface area contributed by atoms with Gasteiger partial charge in [-0.25, -0.2) is 0 Å². The van der Waals surface area contributed by atoms with E-state index in [9.17, 15) is 4.79 Å². The Balaban J connectivity index is 4.08. The Bertz CT molecular complexity index is 214. The van der Waals surface area contributed by atoms with Crippen molar-refractivity contribution in [2.75, 3.05) is 7.05 Å². The summed E-state index contributed by atoms with van der Waals surface area (Å²) >= 11 is 0. The predicted octanol–water partition coefficient (Wildman–Crippen LogP) is 1.42. The molecule has 2 nitrogen and oxygen atoms in total. The Morgan fingerprint density at radius 2 is 1.91 bits per heavy atom. The van der Waals surface area contributed by atoms with Crippen molar-refractivity contribution < 1.29 is 4.79 Å². The number of hydrogen-bond acceptors (Lipinski definition) is 1. The minimum Gasteiger partial charge on any atom is -0.355 e. The highest BCUT2D eigenvalue weighted by Gasteiger charge is 1.97. The Morgan fingerprint density at radius 3 is 2.27 bits per heavy atom. The first-order valence-electron chi connectivity index (χ1n) is 3.32. The van der Waals surface area contributed by atoms with E-state index >= 15 is 0 Å². The lowest BCUT2D eigenvalue weighted by Crippen LogP contribution is -2.18. The van der Waals surface area contributed by atoms with Gasteiger partial charge in [0.25, 0.3) is 0 Å². The molecule has 0 saturated heterocycles. The molecule has 11 heavy (non-hydrogen) atoms. The zero-order valence-electron chi connectivity index (χ0n) is 6.98. The van der Waals surface area contributed by atoms with Gasteiger partial charge < -0.3 is 5.32 Å². The fourth-order valence-electron chi connectivity index (χ4n) is 0.479. The molecule has 0 aromatic carbocycles. The molecule has 0 aliphatic rings. The van der Waals surface area contributed by atoms with Crippen molar-refractivity contribution in [2.45, 2.75) is 6.92 Å². The topological polar surface area (TPSA) is 29.1 Å². The molecule has 0 aromatic heterocycles. The third kappa shape index (κ3) is 4.14. The van der Waals surface area contributed by atoms with Crippen LogP contribution < -0.4 is 5.32 Å². The Labute approximate surface area is 67.3 Å². The second kappa shape index (κ2) is 4.50. The van der Waals surface area contributed by atoms with Crippen molar-refractivity contribution in [3.8, 4) is 0 Å². The first kappa shape index (κ1) is 9.69. The summed E-state index contributed by atoms with van der Waals surface area (Å²) in [5, 5.41) is 2.47. The molecule has 0 aromatic rings. The van der Waals surface area contributed by atoms with E-state index in [2.05, 4.69) is 18.5 Å². The van der Waals surface area contributed by atoms with Gasteiger partial charge in [0, 0.05) is 12.6 Å². The quantitative estimate of drug-likeness (QED) is 0.479. The third-order valence-corrected chi connectivity index (χ3v) is 1.09. The van der Waals surface area contributed by atoms with Crippen molar-refractivity contribution in [2.24, 2.45) is 0 Å². The number of rotatable bonds is 3. The molecule has 1 N–H and O–H groups in total. The van der Waals surface area contributed by atoms with Crippen molar-refractivity contribution in [3.63, 3.8) is 0 Å². The van der Waals surface area contributed by atoms with Gasteiger partial charge in [-0.05, 0) is 13.0 Å². The first-order valence-corrected chi connectivity index (χ1v) is 3.32. The molecule has 0 aliphatic carbocycles. The van der Waals surface area contributed by atoms with Crippen molar-refractivity contribution >= 4 is 5.91 Å². The summed E-state index contributed by atoms with van der Waals surface area (Å²) in [6.07, 6.45) is 3.39. The number of hydrogen-bond donors (Lipinski definition) is 1. The lowest BCUT2D eigenvalue weighted by Gasteiger charge is -1.95. The van der Waals surface area contributed by atoms with E-state index in [0.29, 0.717) is 5.57 Å². The number of likely N-dealkylation sites (N-methyl/N-ethyl adjacent to an activating group) is 1. The zero-order valence-corrected chi connectivity index (χ0v) is 6.98. The molecule has 0 rings (SSSR count). The van der Waals surface area contributed by atoms with Crippen LogP contribution in [0.5, 0.6) is 0 Å². The lowest BCUT2D eigenvalue weighted by atomic mass is 10.2. The van der Waals surface area contributed by atoms with Gasteiger partial charge in [0.2, 0.25) is 5.91 Å². The van der Waals surface area contributed by atoms with Gasteiger partial charge in [-0.3, -0.25) is 4.79 Å². The molecule has 0 unspecified atom stereocenters. The normalized spacial score (nSPS) is 9.64. The van der Waals surface area contributed by atoms with Gasteiger partial charge in [0.05, 0.1) is 0 Å². The molecule has 1 amide bonds. The lowest BCUT2D eigenvalue weighted by molar-refractivity contribution is -0.116. The van der Waals surface area contributed by atoms with Crippen LogP contribution in [0.1, 0.15) is 6.92 Å². The SMILES string of the molecule is C=C(C)/C=C\C(=C)C(=O)NC. The van der Waals surface area contributed by atoms with Crippen LogP contribution >= 0.6 is 0 Å². The maximum atomic E-state index is 10.8. The summed E-state index contributed by atoms with van der Waals surface area (Å²) in [7, 11) is 1.57. The maximum Gasteiger partial charge on any atom is 0.250 e. The molecule has 0 spiro atoms. The van der Waals surface area contributed by atoms with Crippen LogP contribution in [0.3, 0.4) is 0 Å². The second-order valence-corrected chi connectivity index (χ2v) is 2.28. The predicted molar refractivity (Wildman–Crippen MR) is 47.2 cm³/mol. The van der Waals surface area contributed by atoms with Crippen LogP contribution in [0.2, 0.25) is 0 Å². The van der Waals surface area contributed by atoms with Crippen LogP contribution in [-0.2, 0) is 4.79 Å². The Kier molecular flexibility index (Phi) is 3.96. The Hall–Kier alpha value is -1.31. The van der Waals surface area contributed by atoms with Gasteiger partial charge in [-0.2, -0.15) is 0 Å². The second-order valence-electron chi connectivity index (χ2n) is 2.28. The van der Waals surface area contributed by atoms with E-state index in [4.69, 9.17) is 0 Å². The molecular weight excluding hydrogens is 138 g/mol. The number of amides is 1. The van der Waals surface area contributed by atoms with E-state index in [1.54, 1.807) is 19.2 Å². The van der Waals surface area contributed by atoms with E-state index in [-0.39, 0.29) is 5.91 Å². The number of allylic oxidation sites excluding steroid dienone is 2. The number of nitrogens with one attached hydrogen (secondary N) is 1. The molecule has 0 atom stereocenters. The first-order chi connectivity index (χ1) is 5.07. The van der Waals surface area contributed by atoms with Gasteiger partial charge in [-0.15, -0.1) is 0 Å². The fourth-order valence-corrected chi connectivity index (χ4v) is 0.479. The highest BCUT2D eigenvalue weighted by atomic mass is 16.1. The molecular formula is C9H13NO. The minimum atomic E-state index is -0.164. The average Bonchev–Trinajstić information content (AvgIpc) is 1.98. The highest BCUT2D eigenvalue weighted by molar-refractivity contribution is 5.95. The molecule has 0 bridgehead atoms. The van der Waals surface area contributed by atoms with Gasteiger partial charge in [0.15, 0.2) is 0 Å². The molecule has 0 fully saturated rings. The van der Waals surface area contributed by atoms with Gasteiger partial charge >= 0.3 is 0 Å². The number of carbonyl (C=O) groups is 1. The van der Waals surface area contributed by atoms with Crippen LogP contribution in [0.4, 0.5) is 0 Å². The summed E-state index contributed by atoms with van der Waals surface area (Å²) < 4.78 is 0. The average molecular weight is 151 g/mol. The van der Waals surface area contributed by atoms with Crippen LogP contribution in [0.25, 0.3) is 0 Å². The zero-order chi connectivity index (χ0) is 8.85. The van der Waals surface area contributed by atoms with Gasteiger partial charge in [0.1, 0.15) is 0 Å². The number of carbonyl (C=O) groups excluding carboxylic acids is 1. The summed E-state index contributed by atoms with van der Waals surface area (Å²) in [5.74, 6) is -0.164. The standard InChI is InChI=1S/C9H13NO/c1-7(2)5-6-8(3)9(11)10-4/h5-6H,1,3H2,2,4H3,(H,10,11)/b6-5-. The van der Waals surface area contributed by atoms with Crippen LogP contribution in [0.15, 0.2) is 36.5 Å². The van der Waals surface area contributed by atoms with Gasteiger partial charge in [-0.1, -0.05) is 24.8 Å². The largest absolute Gasteiger partial charge is 0.355 e. The summed E-state index contributed by atoms with van der Waals surface area (Å²) in [5.41, 5.74) is 1.34. The fraction of sp³-hybridized carbons (Fsp3) is 0.222. The van der Waals surface area contributed by atoms with E-state index in [1.165, 1.54) is 0 Å². The summed E-state index contributed by atoms with van der Waals surface area (Å²) in [6.45, 7) is 9.06. The van der Waals surface area contributed by atoms with Crippen LogP contribution in [-0.4, -0.2) is 13.0 Å². The van der Waals surface area contributed by atoms with Crippen molar-refractivity contribution in [1.29, 1.82) is 0 Å². The van der Waals surface area contributed by atoms with Crippen molar-refractivity contribution in [3.05, 3.63) is 36.5 Å². The Morgan fingerprint density at radius 1 is 1.36 bits per heavy atom. The molecule has 0 aliphatic heterocycles.